The predicted octanol–water partition coefficient (Wildman–Crippen LogP) is 0.696. The molecule has 16 heavy (non-hydrogen) atoms. The van der Waals surface area contributed by atoms with Crippen LogP contribution in [0, 0.1) is 19.8 Å². The van der Waals surface area contributed by atoms with Crippen LogP contribution < -0.4 is 4.90 Å². The molecule has 0 amide bonds. The third kappa shape index (κ3) is 2.14. The quantitative estimate of drug-likeness (QED) is 0.757. The number of aromatic nitrogens is 3. The molecule has 0 radical (unpaired) electrons. The van der Waals surface area contributed by atoms with Gasteiger partial charge in [0.1, 0.15) is 0 Å². The van der Waals surface area contributed by atoms with Gasteiger partial charge in [-0.25, -0.2) is 4.98 Å². The second-order valence-electron chi connectivity index (χ2n) is 4.56. The van der Waals surface area contributed by atoms with Crippen LogP contribution in [0.4, 0.5) is 5.95 Å². The largest absolute Gasteiger partial charge is 0.391 e. The van der Waals surface area contributed by atoms with Gasteiger partial charge in [0, 0.05) is 13.1 Å². The van der Waals surface area contributed by atoms with Crippen molar-refractivity contribution in [3.05, 3.63) is 11.4 Å². The van der Waals surface area contributed by atoms with E-state index >= 15 is 0 Å². The second-order valence-corrected chi connectivity index (χ2v) is 4.56. The number of hydrogen-bond donors (Lipinski definition) is 1. The average molecular weight is 222 g/mol. The van der Waals surface area contributed by atoms with Gasteiger partial charge in [0.15, 0.2) is 0 Å². The number of piperidine rings is 1. The molecule has 0 aromatic carbocycles. The van der Waals surface area contributed by atoms with Crippen molar-refractivity contribution in [3.8, 4) is 0 Å². The van der Waals surface area contributed by atoms with Gasteiger partial charge in [-0.1, -0.05) is 6.92 Å². The molecule has 2 unspecified atom stereocenters. The van der Waals surface area contributed by atoms with Crippen LogP contribution in [0.3, 0.4) is 0 Å². The number of rotatable bonds is 1. The van der Waals surface area contributed by atoms with Crippen molar-refractivity contribution in [2.75, 3.05) is 18.0 Å². The van der Waals surface area contributed by atoms with Crippen molar-refractivity contribution in [1.29, 1.82) is 0 Å². The zero-order chi connectivity index (χ0) is 11.7. The lowest BCUT2D eigenvalue weighted by molar-refractivity contribution is 0.102. The van der Waals surface area contributed by atoms with Gasteiger partial charge in [0.25, 0.3) is 0 Å². The minimum atomic E-state index is -0.293. The zero-order valence-corrected chi connectivity index (χ0v) is 10.0. The van der Waals surface area contributed by atoms with Gasteiger partial charge in [0.2, 0.25) is 5.95 Å². The second kappa shape index (κ2) is 4.33. The van der Waals surface area contributed by atoms with Gasteiger partial charge in [-0.3, -0.25) is 0 Å². The minimum Gasteiger partial charge on any atom is -0.391 e. The highest BCUT2D eigenvalue weighted by Gasteiger charge is 2.26. The van der Waals surface area contributed by atoms with E-state index in [0.717, 1.165) is 24.4 Å². The number of β-amino-alcohol motifs (C(OH)–C–C–N with tert-alkyl or cyclic N) is 1. The topological polar surface area (TPSA) is 62.1 Å². The highest BCUT2D eigenvalue weighted by molar-refractivity contribution is 5.30. The molecule has 1 aliphatic rings. The van der Waals surface area contributed by atoms with Crippen molar-refractivity contribution < 1.29 is 5.11 Å². The number of hydrogen-bond acceptors (Lipinski definition) is 5. The van der Waals surface area contributed by atoms with Crippen LogP contribution in [0.1, 0.15) is 24.7 Å². The number of nitrogens with zero attached hydrogens (tertiary/aromatic N) is 4. The molecule has 0 spiro atoms. The number of anilines is 1. The van der Waals surface area contributed by atoms with E-state index in [4.69, 9.17) is 0 Å². The summed E-state index contributed by atoms with van der Waals surface area (Å²) < 4.78 is 0. The molecule has 1 fully saturated rings. The van der Waals surface area contributed by atoms with Crippen LogP contribution in [0.15, 0.2) is 0 Å². The first-order valence-corrected chi connectivity index (χ1v) is 5.69. The van der Waals surface area contributed by atoms with Crippen molar-refractivity contribution in [1.82, 2.24) is 15.2 Å². The molecule has 1 aliphatic heterocycles. The molecule has 0 bridgehead atoms. The fourth-order valence-electron chi connectivity index (χ4n) is 1.81. The molecule has 88 valence electrons. The summed E-state index contributed by atoms with van der Waals surface area (Å²) in [5, 5.41) is 18.0. The summed E-state index contributed by atoms with van der Waals surface area (Å²) in [4.78, 5) is 6.40. The Morgan fingerprint density at radius 2 is 2.00 bits per heavy atom. The molecule has 1 saturated heterocycles. The van der Waals surface area contributed by atoms with Crippen LogP contribution in [0.2, 0.25) is 0 Å². The van der Waals surface area contributed by atoms with Gasteiger partial charge in [-0.15, -0.1) is 5.10 Å². The first-order chi connectivity index (χ1) is 7.58. The standard InChI is InChI=1S/C11H18N4O/c1-7-4-5-15(6-10(7)16)11-12-8(2)9(3)13-14-11/h7,10,16H,4-6H2,1-3H3. The minimum absolute atomic E-state index is 0.293. The lowest BCUT2D eigenvalue weighted by Gasteiger charge is -2.34. The first-order valence-electron chi connectivity index (χ1n) is 5.69. The molecular formula is C11H18N4O. The van der Waals surface area contributed by atoms with Crippen LogP contribution in [0.25, 0.3) is 0 Å². The summed E-state index contributed by atoms with van der Waals surface area (Å²) in [6.45, 7) is 7.39. The molecule has 5 heteroatoms. The van der Waals surface area contributed by atoms with Crippen LogP contribution in [-0.2, 0) is 0 Å². The van der Waals surface area contributed by atoms with E-state index in [1.807, 2.05) is 18.7 Å². The normalized spacial score (nSPS) is 25.9. The van der Waals surface area contributed by atoms with E-state index in [9.17, 15) is 5.11 Å². The summed E-state index contributed by atoms with van der Waals surface area (Å²) in [5.74, 6) is 0.991. The molecular weight excluding hydrogens is 204 g/mol. The van der Waals surface area contributed by atoms with Gasteiger partial charge in [0.05, 0.1) is 17.5 Å². The molecule has 5 nitrogen and oxygen atoms in total. The van der Waals surface area contributed by atoms with Gasteiger partial charge < -0.3 is 10.0 Å². The molecule has 1 aromatic heterocycles. The van der Waals surface area contributed by atoms with Gasteiger partial charge >= 0.3 is 0 Å². The van der Waals surface area contributed by atoms with Crippen molar-refractivity contribution in [2.24, 2.45) is 5.92 Å². The van der Waals surface area contributed by atoms with Crippen LogP contribution in [-0.4, -0.2) is 39.5 Å². The third-order valence-corrected chi connectivity index (χ3v) is 3.28. The average Bonchev–Trinajstić information content (AvgIpc) is 2.26. The Morgan fingerprint density at radius 3 is 2.62 bits per heavy atom. The molecule has 2 atom stereocenters. The summed E-state index contributed by atoms with van der Waals surface area (Å²) in [7, 11) is 0. The lowest BCUT2D eigenvalue weighted by Crippen LogP contribution is -2.43. The number of aliphatic hydroxyl groups excluding tert-OH is 1. The van der Waals surface area contributed by atoms with E-state index in [-0.39, 0.29) is 6.10 Å². The fourth-order valence-corrected chi connectivity index (χ4v) is 1.81. The molecule has 2 rings (SSSR count). The van der Waals surface area contributed by atoms with E-state index in [0.29, 0.717) is 18.4 Å². The highest BCUT2D eigenvalue weighted by Crippen LogP contribution is 2.20. The molecule has 1 aromatic rings. The number of aryl methyl sites for hydroxylation is 2. The van der Waals surface area contributed by atoms with Gasteiger partial charge in [-0.2, -0.15) is 5.10 Å². The monoisotopic (exact) mass is 222 g/mol. The number of aliphatic hydroxyl groups is 1. The smallest absolute Gasteiger partial charge is 0.245 e. The van der Waals surface area contributed by atoms with E-state index in [1.54, 1.807) is 0 Å². The van der Waals surface area contributed by atoms with Crippen LogP contribution in [0.5, 0.6) is 0 Å². The lowest BCUT2D eigenvalue weighted by atomic mass is 9.96. The maximum Gasteiger partial charge on any atom is 0.245 e. The first kappa shape index (κ1) is 11.3. The summed E-state index contributed by atoms with van der Waals surface area (Å²) in [6.07, 6.45) is 0.677. The predicted molar refractivity (Wildman–Crippen MR) is 61.3 cm³/mol. The van der Waals surface area contributed by atoms with Crippen molar-refractivity contribution in [3.63, 3.8) is 0 Å². The summed E-state index contributed by atoms with van der Waals surface area (Å²) in [5.41, 5.74) is 1.76. The maximum absolute atomic E-state index is 9.82. The van der Waals surface area contributed by atoms with Crippen LogP contribution >= 0.6 is 0 Å². The highest BCUT2D eigenvalue weighted by atomic mass is 16.3. The van der Waals surface area contributed by atoms with Crippen molar-refractivity contribution >= 4 is 5.95 Å². The van der Waals surface area contributed by atoms with E-state index in [1.165, 1.54) is 0 Å². The Balaban J connectivity index is 2.15. The van der Waals surface area contributed by atoms with Crippen molar-refractivity contribution in [2.45, 2.75) is 33.3 Å². The van der Waals surface area contributed by atoms with E-state index < -0.39 is 0 Å². The molecule has 0 saturated carbocycles. The Labute approximate surface area is 95.5 Å². The summed E-state index contributed by atoms with van der Waals surface area (Å²) in [6, 6.07) is 0. The zero-order valence-electron chi connectivity index (χ0n) is 10.0. The molecule has 2 heterocycles. The van der Waals surface area contributed by atoms with Gasteiger partial charge in [-0.05, 0) is 26.2 Å². The summed E-state index contributed by atoms with van der Waals surface area (Å²) >= 11 is 0. The Hall–Kier alpha value is -1.23. The third-order valence-electron chi connectivity index (χ3n) is 3.28. The van der Waals surface area contributed by atoms with E-state index in [2.05, 4.69) is 22.1 Å². The SMILES string of the molecule is Cc1nnc(N2CCC(C)C(O)C2)nc1C. The Bertz CT molecular complexity index is 382. The molecule has 1 N–H and O–H groups in total. The molecule has 0 aliphatic carbocycles. The fraction of sp³-hybridized carbons (Fsp3) is 0.727. The Kier molecular flexibility index (Phi) is 3.05. The Morgan fingerprint density at radius 1 is 1.25 bits per heavy atom. The maximum atomic E-state index is 9.82.